The molecule has 1 atom stereocenters. The molecule has 3 rings (SSSR count). The summed E-state index contributed by atoms with van der Waals surface area (Å²) in [6.07, 6.45) is 5.29. The van der Waals surface area contributed by atoms with Crippen LogP contribution in [-0.4, -0.2) is 25.0 Å². The van der Waals surface area contributed by atoms with Crippen molar-refractivity contribution in [1.82, 2.24) is 25.0 Å². The van der Waals surface area contributed by atoms with Crippen LogP contribution in [0.15, 0.2) is 55.0 Å². The summed E-state index contributed by atoms with van der Waals surface area (Å²) in [5.41, 5.74) is 1.82. The van der Waals surface area contributed by atoms with Crippen molar-refractivity contribution in [1.29, 1.82) is 0 Å². The second-order valence-corrected chi connectivity index (χ2v) is 4.36. The van der Waals surface area contributed by atoms with E-state index < -0.39 is 0 Å². The van der Waals surface area contributed by atoms with Crippen LogP contribution in [-0.2, 0) is 0 Å². The zero-order chi connectivity index (χ0) is 13.8. The van der Waals surface area contributed by atoms with E-state index in [1.54, 1.807) is 23.1 Å². The predicted octanol–water partition coefficient (Wildman–Crippen LogP) is 2.23. The number of hydrogen-bond acceptors (Lipinski definition) is 5. The molecule has 6 heteroatoms. The summed E-state index contributed by atoms with van der Waals surface area (Å²) in [6.45, 7) is 2.00. The molecule has 1 N–H and O–H groups in total. The zero-order valence-corrected chi connectivity index (χ0v) is 11.0. The quantitative estimate of drug-likeness (QED) is 0.784. The Labute approximate surface area is 116 Å². The van der Waals surface area contributed by atoms with E-state index in [0.717, 1.165) is 11.4 Å². The van der Waals surface area contributed by atoms with Gasteiger partial charge in [-0.3, -0.25) is 0 Å². The topological polar surface area (TPSA) is 68.5 Å². The number of nitrogens with one attached hydrogen (secondary N) is 1. The van der Waals surface area contributed by atoms with E-state index in [0.29, 0.717) is 5.95 Å². The first-order valence-corrected chi connectivity index (χ1v) is 6.34. The third kappa shape index (κ3) is 2.64. The Bertz CT molecular complexity index is 664. The molecule has 1 aromatic carbocycles. The van der Waals surface area contributed by atoms with Gasteiger partial charge in [-0.15, -0.1) is 5.10 Å². The number of aromatic nitrogens is 5. The number of anilines is 1. The number of benzene rings is 1. The SMILES string of the molecule is CC(Nc1ncccn1)c1cn(-c2ccccc2)nn1. The first kappa shape index (κ1) is 12.3. The van der Waals surface area contributed by atoms with Gasteiger partial charge in [0.05, 0.1) is 17.9 Å². The van der Waals surface area contributed by atoms with E-state index in [-0.39, 0.29) is 6.04 Å². The van der Waals surface area contributed by atoms with Crippen molar-refractivity contribution in [2.24, 2.45) is 0 Å². The molecular formula is C14H14N6. The van der Waals surface area contributed by atoms with E-state index >= 15 is 0 Å². The molecule has 0 aliphatic heterocycles. The minimum atomic E-state index is -0.0186. The highest BCUT2D eigenvalue weighted by atomic mass is 15.4. The van der Waals surface area contributed by atoms with Crippen LogP contribution in [0.4, 0.5) is 5.95 Å². The molecule has 0 aliphatic carbocycles. The Morgan fingerprint density at radius 1 is 1.05 bits per heavy atom. The molecule has 100 valence electrons. The lowest BCUT2D eigenvalue weighted by atomic mass is 10.2. The van der Waals surface area contributed by atoms with E-state index in [1.165, 1.54) is 0 Å². The summed E-state index contributed by atoms with van der Waals surface area (Å²) in [4.78, 5) is 8.26. The third-order valence-electron chi connectivity index (χ3n) is 2.89. The van der Waals surface area contributed by atoms with Crippen LogP contribution in [0.3, 0.4) is 0 Å². The molecule has 0 amide bonds. The summed E-state index contributed by atoms with van der Waals surface area (Å²) in [7, 11) is 0. The molecule has 0 saturated carbocycles. The van der Waals surface area contributed by atoms with Gasteiger partial charge < -0.3 is 5.32 Å². The molecule has 1 unspecified atom stereocenters. The second-order valence-electron chi connectivity index (χ2n) is 4.36. The van der Waals surface area contributed by atoms with Crippen molar-refractivity contribution in [2.45, 2.75) is 13.0 Å². The van der Waals surface area contributed by atoms with Gasteiger partial charge in [0.1, 0.15) is 5.69 Å². The average Bonchev–Trinajstić information content (AvgIpc) is 2.99. The minimum absolute atomic E-state index is 0.0186. The third-order valence-corrected chi connectivity index (χ3v) is 2.89. The summed E-state index contributed by atoms with van der Waals surface area (Å²) < 4.78 is 1.75. The maximum absolute atomic E-state index is 4.18. The molecule has 2 aromatic heterocycles. The lowest BCUT2D eigenvalue weighted by Crippen LogP contribution is -2.09. The lowest BCUT2D eigenvalue weighted by molar-refractivity contribution is 0.777. The summed E-state index contributed by atoms with van der Waals surface area (Å²) in [6, 6.07) is 11.6. The van der Waals surface area contributed by atoms with Crippen molar-refractivity contribution in [3.05, 3.63) is 60.7 Å². The van der Waals surface area contributed by atoms with Crippen molar-refractivity contribution in [3.8, 4) is 5.69 Å². The Kier molecular flexibility index (Phi) is 3.36. The van der Waals surface area contributed by atoms with Gasteiger partial charge >= 0.3 is 0 Å². The van der Waals surface area contributed by atoms with Crippen LogP contribution < -0.4 is 5.32 Å². The fraction of sp³-hybridized carbons (Fsp3) is 0.143. The van der Waals surface area contributed by atoms with Gasteiger partial charge in [0.25, 0.3) is 0 Å². The normalized spacial score (nSPS) is 12.1. The maximum atomic E-state index is 4.18. The summed E-state index contributed by atoms with van der Waals surface area (Å²) >= 11 is 0. The van der Waals surface area contributed by atoms with E-state index in [2.05, 4.69) is 25.6 Å². The fourth-order valence-corrected chi connectivity index (χ4v) is 1.82. The van der Waals surface area contributed by atoms with Crippen molar-refractivity contribution in [3.63, 3.8) is 0 Å². The summed E-state index contributed by atoms with van der Waals surface area (Å²) in [5.74, 6) is 0.578. The Morgan fingerprint density at radius 2 is 1.80 bits per heavy atom. The first-order valence-electron chi connectivity index (χ1n) is 6.34. The van der Waals surface area contributed by atoms with Crippen LogP contribution in [0.1, 0.15) is 18.7 Å². The van der Waals surface area contributed by atoms with Gasteiger partial charge in [-0.2, -0.15) is 0 Å². The van der Waals surface area contributed by atoms with Gasteiger partial charge in [0.15, 0.2) is 0 Å². The van der Waals surface area contributed by atoms with Gasteiger partial charge in [-0.05, 0) is 25.1 Å². The van der Waals surface area contributed by atoms with Crippen molar-refractivity contribution >= 4 is 5.95 Å². The molecule has 0 bridgehead atoms. The highest BCUT2D eigenvalue weighted by Crippen LogP contribution is 2.15. The van der Waals surface area contributed by atoms with E-state index in [9.17, 15) is 0 Å². The minimum Gasteiger partial charge on any atom is -0.346 e. The fourth-order valence-electron chi connectivity index (χ4n) is 1.82. The number of nitrogens with zero attached hydrogens (tertiary/aromatic N) is 5. The van der Waals surface area contributed by atoms with Crippen LogP contribution in [0.2, 0.25) is 0 Å². The van der Waals surface area contributed by atoms with Gasteiger partial charge in [-0.1, -0.05) is 23.4 Å². The molecule has 0 fully saturated rings. The van der Waals surface area contributed by atoms with Crippen LogP contribution >= 0.6 is 0 Å². The van der Waals surface area contributed by atoms with Gasteiger partial charge in [-0.25, -0.2) is 14.6 Å². The number of para-hydroxylation sites is 1. The monoisotopic (exact) mass is 266 g/mol. The first-order chi connectivity index (χ1) is 9.83. The highest BCUT2D eigenvalue weighted by molar-refractivity contribution is 5.31. The maximum Gasteiger partial charge on any atom is 0.223 e. The predicted molar refractivity (Wildman–Crippen MR) is 75.4 cm³/mol. The summed E-state index contributed by atoms with van der Waals surface area (Å²) in [5, 5.41) is 11.5. The van der Waals surface area contributed by atoms with Crippen LogP contribution in [0.25, 0.3) is 5.69 Å². The number of hydrogen-bond donors (Lipinski definition) is 1. The Morgan fingerprint density at radius 3 is 2.55 bits per heavy atom. The molecule has 3 aromatic rings. The van der Waals surface area contributed by atoms with E-state index in [4.69, 9.17) is 0 Å². The molecule has 20 heavy (non-hydrogen) atoms. The zero-order valence-electron chi connectivity index (χ0n) is 11.0. The molecule has 0 saturated heterocycles. The largest absolute Gasteiger partial charge is 0.346 e. The second kappa shape index (κ2) is 5.48. The van der Waals surface area contributed by atoms with Gasteiger partial charge in [0, 0.05) is 12.4 Å². The van der Waals surface area contributed by atoms with E-state index in [1.807, 2.05) is 43.5 Å². The Balaban J connectivity index is 1.77. The highest BCUT2D eigenvalue weighted by Gasteiger charge is 2.11. The number of rotatable bonds is 4. The smallest absolute Gasteiger partial charge is 0.223 e. The molecule has 0 radical (unpaired) electrons. The van der Waals surface area contributed by atoms with Crippen molar-refractivity contribution in [2.75, 3.05) is 5.32 Å². The van der Waals surface area contributed by atoms with Crippen molar-refractivity contribution < 1.29 is 0 Å². The molecular weight excluding hydrogens is 252 g/mol. The lowest BCUT2D eigenvalue weighted by Gasteiger charge is -2.09. The molecule has 0 spiro atoms. The molecule has 6 nitrogen and oxygen atoms in total. The molecule has 2 heterocycles. The molecule has 0 aliphatic rings. The van der Waals surface area contributed by atoms with Gasteiger partial charge in [0.2, 0.25) is 5.95 Å². The van der Waals surface area contributed by atoms with Crippen LogP contribution in [0.5, 0.6) is 0 Å². The standard InChI is InChI=1S/C14H14N6/c1-11(17-14-15-8-5-9-16-14)13-10-20(19-18-13)12-6-3-2-4-7-12/h2-11H,1H3,(H,15,16,17). The Hall–Kier alpha value is -2.76. The average molecular weight is 266 g/mol. The van der Waals surface area contributed by atoms with Crippen LogP contribution in [0, 0.1) is 0 Å².